The third-order valence-electron chi connectivity index (χ3n) is 3.44. The summed E-state index contributed by atoms with van der Waals surface area (Å²) in [4.78, 5) is 0. The maximum atomic E-state index is 5.79. The van der Waals surface area contributed by atoms with Gasteiger partial charge >= 0.3 is 0 Å². The van der Waals surface area contributed by atoms with Crippen LogP contribution in [-0.2, 0) is 11.3 Å². The number of benzene rings is 1. The summed E-state index contributed by atoms with van der Waals surface area (Å²) in [6.07, 6.45) is 3.62. The summed E-state index contributed by atoms with van der Waals surface area (Å²) in [5.41, 5.74) is 7.16. The van der Waals surface area contributed by atoms with Crippen molar-refractivity contribution >= 4 is 0 Å². The lowest BCUT2D eigenvalue weighted by Crippen LogP contribution is -2.15. The van der Waals surface area contributed by atoms with Crippen LogP contribution in [0.15, 0.2) is 24.3 Å². The molecule has 0 heterocycles. The van der Waals surface area contributed by atoms with E-state index in [1.54, 1.807) is 7.11 Å². The van der Waals surface area contributed by atoms with Crippen LogP contribution in [0.1, 0.15) is 24.8 Å². The number of ether oxygens (including phenoxy) is 2. The fourth-order valence-corrected chi connectivity index (χ4v) is 2.10. The van der Waals surface area contributed by atoms with Crippen molar-refractivity contribution in [2.45, 2.75) is 25.9 Å². The molecule has 1 aromatic rings. The van der Waals surface area contributed by atoms with Crippen LogP contribution in [0.2, 0.25) is 0 Å². The summed E-state index contributed by atoms with van der Waals surface area (Å²) in [5, 5.41) is 0. The van der Waals surface area contributed by atoms with E-state index in [0.717, 1.165) is 30.9 Å². The summed E-state index contributed by atoms with van der Waals surface area (Å²) in [6.45, 7) is 2.26. The van der Waals surface area contributed by atoms with Crippen molar-refractivity contribution in [1.82, 2.24) is 0 Å². The van der Waals surface area contributed by atoms with Crippen molar-refractivity contribution in [1.29, 1.82) is 0 Å². The van der Waals surface area contributed by atoms with Gasteiger partial charge in [-0.15, -0.1) is 0 Å². The number of hydrogen-bond donors (Lipinski definition) is 1. The van der Waals surface area contributed by atoms with Gasteiger partial charge in [-0.25, -0.2) is 0 Å². The van der Waals surface area contributed by atoms with Gasteiger partial charge in [0.25, 0.3) is 0 Å². The normalized spacial score (nSPS) is 16.8. The number of nitrogens with two attached hydrogens (primary N) is 1. The van der Waals surface area contributed by atoms with E-state index in [9.17, 15) is 0 Å². The Kier molecular flexibility index (Phi) is 4.02. The second-order valence-electron chi connectivity index (χ2n) is 4.88. The highest BCUT2D eigenvalue weighted by Gasteiger charge is 2.41. The highest BCUT2D eigenvalue weighted by molar-refractivity contribution is 5.27. The van der Waals surface area contributed by atoms with Crippen LogP contribution in [0.3, 0.4) is 0 Å². The second-order valence-corrected chi connectivity index (χ2v) is 4.88. The molecule has 0 aromatic heterocycles. The van der Waals surface area contributed by atoms with E-state index in [-0.39, 0.29) is 0 Å². The van der Waals surface area contributed by atoms with Crippen molar-refractivity contribution in [3.8, 4) is 5.75 Å². The Morgan fingerprint density at radius 3 is 2.82 bits per heavy atom. The first kappa shape index (κ1) is 12.4. The van der Waals surface area contributed by atoms with Crippen LogP contribution >= 0.6 is 0 Å². The lowest BCUT2D eigenvalue weighted by Gasteiger charge is -2.14. The molecule has 94 valence electrons. The van der Waals surface area contributed by atoms with E-state index in [1.165, 1.54) is 12.8 Å². The SMILES string of the molecule is COc1cccc(COCC2(CCN)CC2)c1. The van der Waals surface area contributed by atoms with Crippen LogP contribution < -0.4 is 10.5 Å². The molecule has 17 heavy (non-hydrogen) atoms. The Hall–Kier alpha value is -1.06. The summed E-state index contributed by atoms with van der Waals surface area (Å²) in [6, 6.07) is 8.01. The molecule has 0 radical (unpaired) electrons. The molecule has 1 fully saturated rings. The van der Waals surface area contributed by atoms with E-state index < -0.39 is 0 Å². The van der Waals surface area contributed by atoms with Gasteiger partial charge in [-0.05, 0) is 48.9 Å². The summed E-state index contributed by atoms with van der Waals surface area (Å²) in [5.74, 6) is 0.884. The summed E-state index contributed by atoms with van der Waals surface area (Å²) < 4.78 is 11.0. The fraction of sp³-hybridized carbons (Fsp3) is 0.571. The van der Waals surface area contributed by atoms with Crippen LogP contribution in [0.5, 0.6) is 5.75 Å². The molecule has 0 aliphatic heterocycles. The molecule has 0 saturated heterocycles. The van der Waals surface area contributed by atoms with Crippen LogP contribution in [-0.4, -0.2) is 20.3 Å². The fourth-order valence-electron chi connectivity index (χ4n) is 2.10. The van der Waals surface area contributed by atoms with Crippen molar-refractivity contribution in [3.63, 3.8) is 0 Å². The molecule has 0 bridgehead atoms. The van der Waals surface area contributed by atoms with Crippen molar-refractivity contribution in [3.05, 3.63) is 29.8 Å². The molecule has 3 heteroatoms. The standard InChI is InChI=1S/C14H21NO2/c1-16-13-4-2-3-12(9-13)10-17-11-14(5-6-14)7-8-15/h2-4,9H,5-8,10-11,15H2,1H3. The Balaban J connectivity index is 1.78. The molecule has 1 aromatic carbocycles. The highest BCUT2D eigenvalue weighted by Crippen LogP contribution is 2.48. The topological polar surface area (TPSA) is 44.5 Å². The Bertz CT molecular complexity index is 361. The predicted molar refractivity (Wildman–Crippen MR) is 68.0 cm³/mol. The smallest absolute Gasteiger partial charge is 0.119 e. The van der Waals surface area contributed by atoms with Gasteiger partial charge < -0.3 is 15.2 Å². The first-order valence-electron chi connectivity index (χ1n) is 6.19. The van der Waals surface area contributed by atoms with Crippen molar-refractivity contribution in [2.75, 3.05) is 20.3 Å². The lowest BCUT2D eigenvalue weighted by atomic mass is 10.0. The van der Waals surface area contributed by atoms with E-state index in [1.807, 2.05) is 18.2 Å². The van der Waals surface area contributed by atoms with Crippen LogP contribution in [0.25, 0.3) is 0 Å². The Morgan fingerprint density at radius 2 is 2.18 bits per heavy atom. The molecule has 1 aliphatic carbocycles. The van der Waals surface area contributed by atoms with E-state index in [2.05, 4.69) is 6.07 Å². The first-order valence-corrected chi connectivity index (χ1v) is 6.19. The zero-order valence-corrected chi connectivity index (χ0v) is 10.4. The zero-order chi connectivity index (χ0) is 12.1. The zero-order valence-electron chi connectivity index (χ0n) is 10.4. The number of rotatable bonds is 7. The molecule has 1 saturated carbocycles. The first-order chi connectivity index (χ1) is 8.28. The van der Waals surface area contributed by atoms with Gasteiger partial charge in [0, 0.05) is 0 Å². The quantitative estimate of drug-likeness (QED) is 0.789. The van der Waals surface area contributed by atoms with E-state index in [0.29, 0.717) is 12.0 Å². The molecule has 2 rings (SSSR count). The van der Waals surface area contributed by atoms with Gasteiger partial charge in [-0.3, -0.25) is 0 Å². The summed E-state index contributed by atoms with van der Waals surface area (Å²) in [7, 11) is 1.68. The molecule has 1 aliphatic rings. The van der Waals surface area contributed by atoms with Crippen molar-refractivity contribution < 1.29 is 9.47 Å². The van der Waals surface area contributed by atoms with Gasteiger partial charge in [-0.2, -0.15) is 0 Å². The highest BCUT2D eigenvalue weighted by atomic mass is 16.5. The van der Waals surface area contributed by atoms with E-state index >= 15 is 0 Å². The monoisotopic (exact) mass is 235 g/mol. The molecule has 2 N–H and O–H groups in total. The average Bonchev–Trinajstić information content (AvgIpc) is 3.10. The maximum absolute atomic E-state index is 5.79. The van der Waals surface area contributed by atoms with Crippen LogP contribution in [0.4, 0.5) is 0 Å². The van der Waals surface area contributed by atoms with Gasteiger partial charge in [0.1, 0.15) is 5.75 Å². The van der Waals surface area contributed by atoms with Gasteiger partial charge in [0.2, 0.25) is 0 Å². The third kappa shape index (κ3) is 3.45. The minimum Gasteiger partial charge on any atom is -0.497 e. The summed E-state index contributed by atoms with van der Waals surface area (Å²) >= 11 is 0. The lowest BCUT2D eigenvalue weighted by molar-refractivity contribution is 0.0756. The Labute approximate surface area is 103 Å². The molecular formula is C14H21NO2. The molecular weight excluding hydrogens is 214 g/mol. The molecule has 0 atom stereocenters. The van der Waals surface area contributed by atoms with Gasteiger partial charge in [0.15, 0.2) is 0 Å². The second kappa shape index (κ2) is 5.52. The molecule has 0 unspecified atom stereocenters. The number of methoxy groups -OCH3 is 1. The minimum atomic E-state index is 0.396. The maximum Gasteiger partial charge on any atom is 0.119 e. The molecule has 0 amide bonds. The van der Waals surface area contributed by atoms with E-state index in [4.69, 9.17) is 15.2 Å². The number of hydrogen-bond acceptors (Lipinski definition) is 3. The third-order valence-corrected chi connectivity index (χ3v) is 3.44. The Morgan fingerprint density at radius 1 is 1.35 bits per heavy atom. The van der Waals surface area contributed by atoms with Gasteiger partial charge in [-0.1, -0.05) is 12.1 Å². The molecule has 0 spiro atoms. The predicted octanol–water partition coefficient (Wildman–Crippen LogP) is 2.34. The van der Waals surface area contributed by atoms with Gasteiger partial charge in [0.05, 0.1) is 20.3 Å². The molecule has 3 nitrogen and oxygen atoms in total. The minimum absolute atomic E-state index is 0.396. The average molecular weight is 235 g/mol. The largest absolute Gasteiger partial charge is 0.497 e. The van der Waals surface area contributed by atoms with Crippen LogP contribution in [0, 0.1) is 5.41 Å². The van der Waals surface area contributed by atoms with Crippen molar-refractivity contribution in [2.24, 2.45) is 11.1 Å².